The number of hydrogen-bond acceptors (Lipinski definition) is 5. The van der Waals surface area contributed by atoms with E-state index in [2.05, 4.69) is 14.7 Å². The highest BCUT2D eigenvalue weighted by molar-refractivity contribution is 7.89. The number of sulfonamides is 1. The lowest BCUT2D eigenvalue weighted by molar-refractivity contribution is 0.0695. The predicted octanol–water partition coefficient (Wildman–Crippen LogP) is 1.62. The van der Waals surface area contributed by atoms with Gasteiger partial charge >= 0.3 is 5.97 Å². The van der Waals surface area contributed by atoms with Crippen molar-refractivity contribution in [1.82, 2.24) is 14.7 Å². The maximum atomic E-state index is 12.4. The quantitative estimate of drug-likeness (QED) is 0.820. The van der Waals surface area contributed by atoms with E-state index in [-0.39, 0.29) is 17.0 Å². The maximum absolute atomic E-state index is 12.4. The summed E-state index contributed by atoms with van der Waals surface area (Å²) in [4.78, 5) is 19.5. The van der Waals surface area contributed by atoms with Crippen LogP contribution in [0.2, 0.25) is 0 Å². The maximum Gasteiger partial charge on any atom is 0.336 e. The number of carboxylic acid groups (broad SMARTS) is 1. The monoisotopic (exact) mass is 349 g/mol. The van der Waals surface area contributed by atoms with Crippen LogP contribution in [0, 0.1) is 20.8 Å². The van der Waals surface area contributed by atoms with E-state index >= 15 is 0 Å². The van der Waals surface area contributed by atoms with Crippen LogP contribution in [0.25, 0.3) is 0 Å². The summed E-state index contributed by atoms with van der Waals surface area (Å²) >= 11 is 0. The van der Waals surface area contributed by atoms with Gasteiger partial charge in [0.1, 0.15) is 0 Å². The first-order chi connectivity index (χ1) is 11.2. The van der Waals surface area contributed by atoms with Gasteiger partial charge in [0.25, 0.3) is 0 Å². The molecule has 0 saturated carbocycles. The summed E-state index contributed by atoms with van der Waals surface area (Å²) in [6.45, 7) is 5.30. The van der Waals surface area contributed by atoms with E-state index in [1.165, 1.54) is 12.1 Å². The van der Waals surface area contributed by atoms with Gasteiger partial charge in [-0.2, -0.15) is 0 Å². The molecule has 0 unspecified atom stereocenters. The van der Waals surface area contributed by atoms with Crippen LogP contribution in [0.3, 0.4) is 0 Å². The van der Waals surface area contributed by atoms with Gasteiger partial charge in [-0.15, -0.1) is 0 Å². The van der Waals surface area contributed by atoms with Gasteiger partial charge in [-0.1, -0.05) is 0 Å². The largest absolute Gasteiger partial charge is 0.478 e. The molecule has 1 aromatic carbocycles. The predicted molar refractivity (Wildman–Crippen MR) is 88.5 cm³/mol. The summed E-state index contributed by atoms with van der Waals surface area (Å²) in [5.41, 5.74) is 2.61. The second-order valence-corrected chi connectivity index (χ2v) is 7.28. The van der Waals surface area contributed by atoms with Gasteiger partial charge in [-0.3, -0.25) is 9.97 Å². The van der Waals surface area contributed by atoms with Crippen LogP contribution >= 0.6 is 0 Å². The van der Waals surface area contributed by atoms with Gasteiger partial charge in [-0.25, -0.2) is 17.9 Å². The van der Waals surface area contributed by atoms with Crippen molar-refractivity contribution in [2.24, 2.45) is 0 Å². The SMILES string of the molecule is Cc1cnc(CCNS(=O)(=O)c2cc(C)c(C)c(C(=O)O)c2)cn1. The molecule has 8 heteroatoms. The molecule has 0 radical (unpaired) electrons. The first-order valence-corrected chi connectivity index (χ1v) is 8.81. The third-order valence-corrected chi connectivity index (χ3v) is 5.13. The van der Waals surface area contributed by atoms with Crippen LogP contribution < -0.4 is 4.72 Å². The molecular formula is C16H19N3O4S. The molecule has 7 nitrogen and oxygen atoms in total. The molecule has 0 bridgehead atoms. The average Bonchev–Trinajstić information content (AvgIpc) is 2.51. The molecule has 0 spiro atoms. The molecule has 0 atom stereocenters. The molecule has 0 saturated heterocycles. The Bertz CT molecular complexity index is 862. The lowest BCUT2D eigenvalue weighted by Crippen LogP contribution is -2.26. The molecule has 2 rings (SSSR count). The van der Waals surface area contributed by atoms with Crippen molar-refractivity contribution in [3.8, 4) is 0 Å². The summed E-state index contributed by atoms with van der Waals surface area (Å²) in [5, 5.41) is 9.20. The van der Waals surface area contributed by atoms with E-state index in [1.807, 2.05) is 6.92 Å². The Kier molecular flexibility index (Phi) is 5.30. The van der Waals surface area contributed by atoms with E-state index in [0.717, 1.165) is 5.69 Å². The molecule has 0 aliphatic rings. The molecule has 2 aromatic rings. The first-order valence-electron chi connectivity index (χ1n) is 7.32. The molecule has 0 fully saturated rings. The molecule has 0 aliphatic carbocycles. The van der Waals surface area contributed by atoms with Crippen molar-refractivity contribution in [3.63, 3.8) is 0 Å². The Balaban J connectivity index is 2.15. The number of aromatic carboxylic acids is 1. The zero-order valence-corrected chi connectivity index (χ0v) is 14.5. The Morgan fingerprint density at radius 2 is 1.88 bits per heavy atom. The van der Waals surface area contributed by atoms with Crippen LogP contribution in [0.15, 0.2) is 29.4 Å². The fourth-order valence-corrected chi connectivity index (χ4v) is 3.29. The zero-order valence-electron chi connectivity index (χ0n) is 13.7. The van der Waals surface area contributed by atoms with E-state index in [4.69, 9.17) is 0 Å². The van der Waals surface area contributed by atoms with Gasteiger partial charge in [0.2, 0.25) is 10.0 Å². The molecule has 24 heavy (non-hydrogen) atoms. The van der Waals surface area contributed by atoms with Crippen LogP contribution in [0.5, 0.6) is 0 Å². The van der Waals surface area contributed by atoms with Crippen molar-refractivity contribution in [1.29, 1.82) is 0 Å². The van der Waals surface area contributed by atoms with Gasteiger partial charge < -0.3 is 5.11 Å². The number of benzene rings is 1. The van der Waals surface area contributed by atoms with Gasteiger partial charge in [-0.05, 0) is 44.0 Å². The van der Waals surface area contributed by atoms with Crippen molar-refractivity contribution < 1.29 is 18.3 Å². The summed E-state index contributed by atoms with van der Waals surface area (Å²) in [7, 11) is -3.80. The van der Waals surface area contributed by atoms with Gasteiger partial charge in [0, 0.05) is 25.4 Å². The summed E-state index contributed by atoms with van der Waals surface area (Å²) in [5.74, 6) is -1.15. The fourth-order valence-electron chi connectivity index (χ4n) is 2.15. The molecule has 128 valence electrons. The second kappa shape index (κ2) is 7.06. The highest BCUT2D eigenvalue weighted by Crippen LogP contribution is 2.20. The minimum absolute atomic E-state index is 0.0141. The number of rotatable bonds is 6. The van der Waals surface area contributed by atoms with Crippen molar-refractivity contribution in [3.05, 3.63) is 52.6 Å². The number of carboxylic acids is 1. The number of carbonyl (C=O) groups is 1. The van der Waals surface area contributed by atoms with Crippen LogP contribution in [0.4, 0.5) is 0 Å². The highest BCUT2D eigenvalue weighted by atomic mass is 32.2. The van der Waals surface area contributed by atoms with Crippen LogP contribution in [-0.4, -0.2) is 36.0 Å². The van der Waals surface area contributed by atoms with Crippen molar-refractivity contribution in [2.45, 2.75) is 32.1 Å². The number of nitrogens with zero attached hydrogens (tertiary/aromatic N) is 2. The molecule has 1 heterocycles. The summed E-state index contributed by atoms with van der Waals surface area (Å²) < 4.78 is 27.2. The minimum atomic E-state index is -3.80. The summed E-state index contributed by atoms with van der Waals surface area (Å²) in [6, 6.07) is 2.65. The Morgan fingerprint density at radius 1 is 1.17 bits per heavy atom. The Labute approximate surface area is 140 Å². The zero-order chi connectivity index (χ0) is 17.9. The molecular weight excluding hydrogens is 330 g/mol. The van der Waals surface area contributed by atoms with Crippen molar-refractivity contribution >= 4 is 16.0 Å². The van der Waals surface area contributed by atoms with Crippen LogP contribution in [-0.2, 0) is 16.4 Å². The average molecular weight is 349 g/mol. The highest BCUT2D eigenvalue weighted by Gasteiger charge is 2.19. The van der Waals surface area contributed by atoms with Crippen molar-refractivity contribution in [2.75, 3.05) is 6.54 Å². The fraction of sp³-hybridized carbons (Fsp3) is 0.312. The molecule has 2 N–H and O–H groups in total. The number of hydrogen-bond donors (Lipinski definition) is 2. The minimum Gasteiger partial charge on any atom is -0.478 e. The molecule has 1 aromatic heterocycles. The summed E-state index contributed by atoms with van der Waals surface area (Å²) in [6.07, 6.45) is 3.61. The number of aryl methyl sites for hydroxylation is 2. The van der Waals surface area contributed by atoms with E-state index < -0.39 is 16.0 Å². The third kappa shape index (κ3) is 4.15. The second-order valence-electron chi connectivity index (χ2n) is 5.51. The Morgan fingerprint density at radius 3 is 2.46 bits per heavy atom. The first kappa shape index (κ1) is 18.0. The van der Waals surface area contributed by atoms with E-state index in [1.54, 1.807) is 26.2 Å². The lowest BCUT2D eigenvalue weighted by atomic mass is 10.0. The van der Waals surface area contributed by atoms with Gasteiger partial charge in [0.05, 0.1) is 21.8 Å². The molecule has 0 aliphatic heterocycles. The van der Waals surface area contributed by atoms with Crippen LogP contribution in [0.1, 0.15) is 32.9 Å². The number of aromatic nitrogens is 2. The van der Waals surface area contributed by atoms with E-state index in [0.29, 0.717) is 23.2 Å². The normalized spacial score (nSPS) is 11.5. The topological polar surface area (TPSA) is 109 Å². The number of nitrogens with one attached hydrogen (secondary N) is 1. The Hall–Kier alpha value is -2.32. The standard InChI is InChI=1S/C16H19N3O4S/c1-10-6-14(7-15(12(10)3)16(20)21)24(22,23)19-5-4-13-9-17-11(2)8-18-13/h6-9,19H,4-5H2,1-3H3,(H,20,21). The lowest BCUT2D eigenvalue weighted by Gasteiger charge is -2.11. The van der Waals surface area contributed by atoms with E-state index in [9.17, 15) is 18.3 Å². The molecule has 0 amide bonds. The van der Waals surface area contributed by atoms with Gasteiger partial charge in [0.15, 0.2) is 0 Å². The smallest absolute Gasteiger partial charge is 0.336 e. The third-order valence-electron chi connectivity index (χ3n) is 3.69.